The summed E-state index contributed by atoms with van der Waals surface area (Å²) in [5, 5.41) is 12.0. The number of ether oxygens (including phenoxy) is 1. The van der Waals surface area contributed by atoms with Gasteiger partial charge in [-0.1, -0.05) is 24.3 Å². The lowest BCUT2D eigenvalue weighted by Crippen LogP contribution is -2.02. The fourth-order valence-corrected chi connectivity index (χ4v) is 1.99. The van der Waals surface area contributed by atoms with Crippen LogP contribution in [0.5, 0.6) is 5.75 Å². The first-order valence-electron chi connectivity index (χ1n) is 6.93. The van der Waals surface area contributed by atoms with Gasteiger partial charge in [0.1, 0.15) is 5.75 Å². The number of benzene rings is 2. The van der Waals surface area contributed by atoms with Gasteiger partial charge >= 0.3 is 5.97 Å². The minimum absolute atomic E-state index is 0.0547. The molecule has 0 aliphatic carbocycles. The van der Waals surface area contributed by atoms with Crippen LogP contribution in [0, 0.1) is 0 Å². The second-order valence-corrected chi connectivity index (χ2v) is 4.70. The standard InChI is InChI=1S/C17H19NO3/c1-2-21-16-9-5-14(6-10-16)12-18-15-7-3-13(4-8-15)11-17(19)20/h3-10,18H,2,11-12H2,1H3,(H,19,20). The Hall–Kier alpha value is -2.49. The van der Waals surface area contributed by atoms with E-state index in [4.69, 9.17) is 9.84 Å². The van der Waals surface area contributed by atoms with Crippen LogP contribution in [0.1, 0.15) is 18.1 Å². The summed E-state index contributed by atoms with van der Waals surface area (Å²) in [4.78, 5) is 10.6. The van der Waals surface area contributed by atoms with Gasteiger partial charge in [-0.3, -0.25) is 4.79 Å². The van der Waals surface area contributed by atoms with Crippen LogP contribution in [0.2, 0.25) is 0 Å². The van der Waals surface area contributed by atoms with Gasteiger partial charge in [-0.25, -0.2) is 0 Å². The van der Waals surface area contributed by atoms with Gasteiger partial charge in [-0.05, 0) is 42.3 Å². The van der Waals surface area contributed by atoms with Crippen LogP contribution in [0.25, 0.3) is 0 Å². The van der Waals surface area contributed by atoms with Crippen LogP contribution in [0.3, 0.4) is 0 Å². The molecule has 0 saturated carbocycles. The minimum atomic E-state index is -0.815. The molecule has 0 spiro atoms. The van der Waals surface area contributed by atoms with Crippen LogP contribution in [0.4, 0.5) is 5.69 Å². The first-order chi connectivity index (χ1) is 10.2. The molecule has 2 rings (SSSR count). The molecule has 0 bridgehead atoms. The number of carboxylic acid groups (broad SMARTS) is 1. The van der Waals surface area contributed by atoms with Crippen LogP contribution >= 0.6 is 0 Å². The predicted molar refractivity (Wildman–Crippen MR) is 82.7 cm³/mol. The quantitative estimate of drug-likeness (QED) is 0.819. The minimum Gasteiger partial charge on any atom is -0.494 e. The third-order valence-electron chi connectivity index (χ3n) is 3.04. The van der Waals surface area contributed by atoms with Crippen molar-refractivity contribution in [3.8, 4) is 5.75 Å². The van der Waals surface area contributed by atoms with E-state index >= 15 is 0 Å². The van der Waals surface area contributed by atoms with Crippen molar-refractivity contribution in [2.45, 2.75) is 19.9 Å². The van der Waals surface area contributed by atoms with Crippen molar-refractivity contribution < 1.29 is 14.6 Å². The largest absolute Gasteiger partial charge is 0.494 e. The highest BCUT2D eigenvalue weighted by molar-refractivity contribution is 5.70. The molecule has 0 unspecified atom stereocenters. The topological polar surface area (TPSA) is 58.6 Å². The monoisotopic (exact) mass is 285 g/mol. The van der Waals surface area contributed by atoms with Crippen molar-refractivity contribution >= 4 is 11.7 Å². The molecule has 0 aliphatic heterocycles. The zero-order valence-electron chi connectivity index (χ0n) is 12.0. The van der Waals surface area contributed by atoms with Crippen molar-refractivity contribution in [1.82, 2.24) is 0 Å². The molecule has 0 fully saturated rings. The number of rotatable bonds is 7. The second kappa shape index (κ2) is 7.33. The van der Waals surface area contributed by atoms with Gasteiger partial charge in [-0.2, -0.15) is 0 Å². The number of carboxylic acids is 1. The fraction of sp³-hybridized carbons (Fsp3) is 0.235. The summed E-state index contributed by atoms with van der Waals surface area (Å²) < 4.78 is 5.40. The van der Waals surface area contributed by atoms with Crippen LogP contribution < -0.4 is 10.1 Å². The lowest BCUT2D eigenvalue weighted by Gasteiger charge is -2.08. The average Bonchev–Trinajstić information content (AvgIpc) is 2.48. The van der Waals surface area contributed by atoms with E-state index in [0.29, 0.717) is 13.2 Å². The molecule has 0 aliphatic rings. The van der Waals surface area contributed by atoms with Crippen LogP contribution in [-0.4, -0.2) is 17.7 Å². The average molecular weight is 285 g/mol. The van der Waals surface area contributed by atoms with Gasteiger partial charge in [0, 0.05) is 12.2 Å². The van der Waals surface area contributed by atoms with Gasteiger partial charge in [0.05, 0.1) is 13.0 Å². The molecule has 0 atom stereocenters. The van der Waals surface area contributed by atoms with Gasteiger partial charge in [0.25, 0.3) is 0 Å². The van der Waals surface area contributed by atoms with E-state index in [1.807, 2.05) is 55.5 Å². The molecule has 0 heterocycles. The Bertz CT molecular complexity index is 576. The zero-order chi connectivity index (χ0) is 15.1. The third-order valence-corrected chi connectivity index (χ3v) is 3.04. The van der Waals surface area contributed by atoms with Crippen molar-refractivity contribution in [1.29, 1.82) is 0 Å². The number of hydrogen-bond acceptors (Lipinski definition) is 3. The Morgan fingerprint density at radius 1 is 1.05 bits per heavy atom. The highest BCUT2D eigenvalue weighted by Gasteiger charge is 2.00. The van der Waals surface area contributed by atoms with E-state index in [1.165, 1.54) is 0 Å². The Balaban J connectivity index is 1.88. The maximum absolute atomic E-state index is 10.6. The van der Waals surface area contributed by atoms with E-state index in [2.05, 4.69) is 5.32 Å². The summed E-state index contributed by atoms with van der Waals surface area (Å²) in [6.07, 6.45) is 0.0547. The summed E-state index contributed by atoms with van der Waals surface area (Å²) in [7, 11) is 0. The van der Waals surface area contributed by atoms with E-state index in [9.17, 15) is 4.79 Å². The highest BCUT2D eigenvalue weighted by Crippen LogP contribution is 2.15. The van der Waals surface area contributed by atoms with Gasteiger partial charge in [-0.15, -0.1) is 0 Å². The van der Waals surface area contributed by atoms with Crippen molar-refractivity contribution in [2.24, 2.45) is 0 Å². The summed E-state index contributed by atoms with van der Waals surface area (Å²) in [5.74, 6) is 0.0596. The molecule has 0 amide bonds. The molecule has 2 aromatic carbocycles. The molecule has 0 saturated heterocycles. The highest BCUT2D eigenvalue weighted by atomic mass is 16.5. The van der Waals surface area contributed by atoms with Gasteiger partial charge < -0.3 is 15.2 Å². The fourth-order valence-electron chi connectivity index (χ4n) is 1.99. The Kier molecular flexibility index (Phi) is 5.21. The van der Waals surface area contributed by atoms with Crippen molar-refractivity contribution in [2.75, 3.05) is 11.9 Å². The van der Waals surface area contributed by atoms with Crippen molar-refractivity contribution in [3.05, 3.63) is 59.7 Å². The van der Waals surface area contributed by atoms with Gasteiger partial charge in [0.15, 0.2) is 0 Å². The Morgan fingerprint density at radius 2 is 1.67 bits per heavy atom. The first kappa shape index (κ1) is 14.9. The maximum Gasteiger partial charge on any atom is 0.307 e. The number of hydrogen-bond donors (Lipinski definition) is 2. The SMILES string of the molecule is CCOc1ccc(CNc2ccc(CC(=O)O)cc2)cc1. The number of anilines is 1. The normalized spacial score (nSPS) is 10.1. The Labute approximate surface area is 124 Å². The van der Waals surface area contributed by atoms with E-state index in [-0.39, 0.29) is 6.42 Å². The maximum atomic E-state index is 10.6. The van der Waals surface area contributed by atoms with E-state index in [1.54, 1.807) is 0 Å². The predicted octanol–water partition coefficient (Wildman–Crippen LogP) is 3.32. The van der Waals surface area contributed by atoms with Crippen LogP contribution in [-0.2, 0) is 17.8 Å². The zero-order valence-corrected chi connectivity index (χ0v) is 12.0. The molecule has 4 heteroatoms. The number of carbonyl (C=O) groups is 1. The summed E-state index contributed by atoms with van der Waals surface area (Å²) in [6, 6.07) is 15.4. The molecule has 21 heavy (non-hydrogen) atoms. The molecule has 110 valence electrons. The summed E-state index contributed by atoms with van der Waals surface area (Å²) >= 11 is 0. The van der Waals surface area contributed by atoms with E-state index < -0.39 is 5.97 Å². The number of aliphatic carboxylic acids is 1. The molecule has 2 aromatic rings. The second-order valence-electron chi connectivity index (χ2n) is 4.70. The summed E-state index contributed by atoms with van der Waals surface area (Å²) in [5.41, 5.74) is 2.93. The van der Waals surface area contributed by atoms with Crippen molar-refractivity contribution in [3.63, 3.8) is 0 Å². The lowest BCUT2D eigenvalue weighted by molar-refractivity contribution is -0.136. The molecular weight excluding hydrogens is 266 g/mol. The molecule has 2 N–H and O–H groups in total. The molecular formula is C17H19NO3. The Morgan fingerprint density at radius 3 is 2.24 bits per heavy atom. The third kappa shape index (κ3) is 4.84. The van der Waals surface area contributed by atoms with Gasteiger partial charge in [0.2, 0.25) is 0 Å². The molecule has 4 nitrogen and oxygen atoms in total. The first-order valence-corrected chi connectivity index (χ1v) is 6.93. The number of nitrogens with one attached hydrogen (secondary N) is 1. The smallest absolute Gasteiger partial charge is 0.307 e. The van der Waals surface area contributed by atoms with Crippen LogP contribution in [0.15, 0.2) is 48.5 Å². The molecule has 0 radical (unpaired) electrons. The molecule has 0 aromatic heterocycles. The van der Waals surface area contributed by atoms with E-state index in [0.717, 1.165) is 22.6 Å². The summed E-state index contributed by atoms with van der Waals surface area (Å²) in [6.45, 7) is 3.34. The lowest BCUT2D eigenvalue weighted by atomic mass is 10.1.